The summed E-state index contributed by atoms with van der Waals surface area (Å²) in [5.74, 6) is 1.13. The van der Waals surface area contributed by atoms with Crippen LogP contribution in [0.1, 0.15) is 19.4 Å². The Morgan fingerprint density at radius 3 is 2.78 bits per heavy atom. The van der Waals surface area contributed by atoms with Crippen molar-refractivity contribution in [3.05, 3.63) is 49.6 Å². The van der Waals surface area contributed by atoms with Gasteiger partial charge in [0.2, 0.25) is 11.2 Å². The van der Waals surface area contributed by atoms with Gasteiger partial charge in [-0.25, -0.2) is 19.2 Å². The molecule has 3 heterocycles. The lowest BCUT2D eigenvalue weighted by Crippen LogP contribution is -2.52. The SMILES string of the molecule is CCn1c(=O)c2c([nH]c3[n+]2C[C@@H](C)CN3c2cccc(Cl)c2C)n(C)c1=O. The maximum atomic E-state index is 13.0. The third-order valence-corrected chi connectivity index (χ3v) is 5.78. The smallest absolute Gasteiger partial charge is 0.267 e. The van der Waals surface area contributed by atoms with E-state index in [1.807, 2.05) is 36.6 Å². The molecule has 1 atom stereocenters. The van der Waals surface area contributed by atoms with E-state index >= 15 is 0 Å². The van der Waals surface area contributed by atoms with Gasteiger partial charge in [-0.15, -0.1) is 0 Å². The highest BCUT2D eigenvalue weighted by Crippen LogP contribution is 2.33. The van der Waals surface area contributed by atoms with Crippen molar-refractivity contribution in [2.75, 3.05) is 11.4 Å². The van der Waals surface area contributed by atoms with Crippen LogP contribution >= 0.6 is 11.6 Å². The quantitative estimate of drug-likeness (QED) is 0.683. The molecule has 142 valence electrons. The van der Waals surface area contributed by atoms with E-state index in [4.69, 9.17) is 11.6 Å². The average Bonchev–Trinajstić information content (AvgIpc) is 3.02. The van der Waals surface area contributed by atoms with Crippen molar-refractivity contribution in [3.63, 3.8) is 0 Å². The van der Waals surface area contributed by atoms with Gasteiger partial charge < -0.3 is 0 Å². The van der Waals surface area contributed by atoms with Gasteiger partial charge in [-0.1, -0.05) is 24.6 Å². The maximum Gasteiger partial charge on any atom is 0.364 e. The molecule has 1 aliphatic rings. The molecule has 0 spiro atoms. The second kappa shape index (κ2) is 6.27. The minimum atomic E-state index is -0.312. The standard InChI is InChI=1S/C19H22ClN5O2/c1-5-23-17(26)15-16(22(4)19(23)27)21-18-24(9-11(2)10-25(15)18)14-8-6-7-13(20)12(14)3/h6-8,11H,5,9-10H2,1-4H3/p+1/t11-/m0/s1. The molecule has 0 saturated heterocycles. The van der Waals surface area contributed by atoms with Crippen LogP contribution in [0.4, 0.5) is 11.6 Å². The van der Waals surface area contributed by atoms with Gasteiger partial charge in [0, 0.05) is 30.1 Å². The van der Waals surface area contributed by atoms with Crippen molar-refractivity contribution >= 4 is 34.4 Å². The van der Waals surface area contributed by atoms with Gasteiger partial charge >= 0.3 is 11.6 Å². The van der Waals surface area contributed by atoms with E-state index in [1.165, 1.54) is 9.13 Å². The first-order valence-corrected chi connectivity index (χ1v) is 9.50. The fourth-order valence-corrected chi connectivity index (χ4v) is 4.13. The first kappa shape index (κ1) is 17.9. The van der Waals surface area contributed by atoms with Gasteiger partial charge in [0.05, 0.1) is 13.1 Å². The molecule has 1 N–H and O–H groups in total. The van der Waals surface area contributed by atoms with E-state index in [1.54, 1.807) is 7.05 Å². The first-order valence-electron chi connectivity index (χ1n) is 9.13. The molecule has 4 rings (SSSR count). The monoisotopic (exact) mass is 388 g/mol. The van der Waals surface area contributed by atoms with Gasteiger partial charge in [0.25, 0.3) is 5.56 Å². The summed E-state index contributed by atoms with van der Waals surface area (Å²) in [7, 11) is 1.69. The summed E-state index contributed by atoms with van der Waals surface area (Å²) in [6, 6.07) is 5.83. The molecule has 1 aliphatic heterocycles. The summed E-state index contributed by atoms with van der Waals surface area (Å²) in [6.45, 7) is 7.80. The van der Waals surface area contributed by atoms with E-state index in [0.29, 0.717) is 35.2 Å². The Hall–Kier alpha value is -2.54. The minimum Gasteiger partial charge on any atom is -0.267 e. The molecule has 0 amide bonds. The number of nitrogens with zero attached hydrogens (tertiary/aromatic N) is 4. The highest BCUT2D eigenvalue weighted by molar-refractivity contribution is 6.31. The van der Waals surface area contributed by atoms with Gasteiger partial charge in [0.15, 0.2) is 0 Å². The van der Waals surface area contributed by atoms with Gasteiger partial charge in [0.1, 0.15) is 5.69 Å². The van der Waals surface area contributed by atoms with E-state index < -0.39 is 0 Å². The van der Waals surface area contributed by atoms with Crippen LogP contribution < -0.4 is 20.7 Å². The Balaban J connectivity index is 2.06. The number of fused-ring (bicyclic) bond motifs is 3. The molecule has 8 heteroatoms. The second-order valence-corrected chi connectivity index (χ2v) is 7.65. The van der Waals surface area contributed by atoms with Crippen LogP contribution in [-0.2, 0) is 20.1 Å². The predicted octanol–water partition coefficient (Wildman–Crippen LogP) is 2.09. The summed E-state index contributed by atoms with van der Waals surface area (Å²) < 4.78 is 4.79. The summed E-state index contributed by atoms with van der Waals surface area (Å²) in [6.07, 6.45) is 0. The summed E-state index contributed by atoms with van der Waals surface area (Å²) in [5.41, 5.74) is 2.49. The molecular formula is C19H23ClN5O2+. The van der Waals surface area contributed by atoms with Crippen molar-refractivity contribution in [1.82, 2.24) is 14.1 Å². The van der Waals surface area contributed by atoms with Gasteiger partial charge in [-0.2, -0.15) is 0 Å². The minimum absolute atomic E-state index is 0.255. The number of benzene rings is 1. The Morgan fingerprint density at radius 1 is 1.33 bits per heavy atom. The molecule has 1 aromatic carbocycles. The fourth-order valence-electron chi connectivity index (χ4n) is 3.96. The zero-order chi connectivity index (χ0) is 19.5. The van der Waals surface area contributed by atoms with Crippen LogP contribution in [-0.4, -0.2) is 20.7 Å². The Kier molecular flexibility index (Phi) is 4.14. The molecule has 0 aliphatic carbocycles. The Labute approximate surface area is 161 Å². The van der Waals surface area contributed by atoms with Crippen LogP contribution in [0.5, 0.6) is 0 Å². The molecule has 0 fully saturated rings. The molecule has 0 saturated carbocycles. The highest BCUT2D eigenvalue weighted by atomic mass is 35.5. The summed E-state index contributed by atoms with van der Waals surface area (Å²) in [4.78, 5) is 31.0. The molecule has 3 aromatic rings. The van der Waals surface area contributed by atoms with E-state index in [-0.39, 0.29) is 11.2 Å². The third-order valence-electron chi connectivity index (χ3n) is 5.37. The number of nitrogens with one attached hydrogen (secondary N) is 1. The average molecular weight is 389 g/mol. The number of anilines is 2. The van der Waals surface area contributed by atoms with Gasteiger partial charge in [-0.05, 0) is 26.0 Å². The van der Waals surface area contributed by atoms with Crippen LogP contribution in [0, 0.1) is 12.8 Å². The summed E-state index contributed by atoms with van der Waals surface area (Å²) in [5, 5.41) is 0.703. The number of rotatable bonds is 2. The van der Waals surface area contributed by atoms with Crippen molar-refractivity contribution in [2.24, 2.45) is 13.0 Å². The molecule has 0 unspecified atom stereocenters. The normalized spacial score (nSPS) is 16.8. The number of hydrogen-bond acceptors (Lipinski definition) is 3. The predicted molar refractivity (Wildman–Crippen MR) is 106 cm³/mol. The lowest BCUT2D eigenvalue weighted by atomic mass is 10.1. The number of aryl methyl sites for hydroxylation is 1. The van der Waals surface area contributed by atoms with Crippen molar-refractivity contribution in [2.45, 2.75) is 33.9 Å². The van der Waals surface area contributed by atoms with Crippen LogP contribution in [0.2, 0.25) is 5.02 Å². The lowest BCUT2D eigenvalue weighted by molar-refractivity contribution is -0.669. The third kappa shape index (κ3) is 2.52. The van der Waals surface area contributed by atoms with Crippen LogP contribution in [0.15, 0.2) is 27.8 Å². The topological polar surface area (TPSA) is 66.9 Å². The number of H-pyrrole nitrogens is 1. The van der Waals surface area contributed by atoms with E-state index in [0.717, 1.165) is 23.7 Å². The largest absolute Gasteiger partial charge is 0.364 e. The molecule has 2 aromatic heterocycles. The molecule has 27 heavy (non-hydrogen) atoms. The molecule has 0 radical (unpaired) electrons. The second-order valence-electron chi connectivity index (χ2n) is 7.25. The number of aromatic amines is 1. The molecular weight excluding hydrogens is 366 g/mol. The van der Waals surface area contributed by atoms with Crippen molar-refractivity contribution in [1.29, 1.82) is 0 Å². The van der Waals surface area contributed by atoms with E-state index in [2.05, 4.69) is 16.8 Å². The zero-order valence-electron chi connectivity index (χ0n) is 15.9. The number of imidazole rings is 1. The highest BCUT2D eigenvalue weighted by Gasteiger charge is 2.36. The summed E-state index contributed by atoms with van der Waals surface area (Å²) >= 11 is 6.34. The first-order chi connectivity index (χ1) is 12.8. The molecule has 0 bridgehead atoms. The fraction of sp³-hybridized carbons (Fsp3) is 0.421. The number of halogens is 1. The van der Waals surface area contributed by atoms with Crippen molar-refractivity contribution in [3.8, 4) is 0 Å². The maximum absolute atomic E-state index is 13.0. The number of aromatic nitrogens is 4. The number of hydrogen-bond donors (Lipinski definition) is 1. The van der Waals surface area contributed by atoms with Crippen LogP contribution in [0.25, 0.3) is 11.2 Å². The van der Waals surface area contributed by atoms with Crippen LogP contribution in [0.3, 0.4) is 0 Å². The van der Waals surface area contributed by atoms with Crippen molar-refractivity contribution < 1.29 is 4.57 Å². The van der Waals surface area contributed by atoms with Gasteiger partial charge in [-0.3, -0.25) is 13.9 Å². The lowest BCUT2D eigenvalue weighted by Gasteiger charge is -2.27. The Bertz CT molecular complexity index is 1170. The Morgan fingerprint density at radius 2 is 2.07 bits per heavy atom. The van der Waals surface area contributed by atoms with E-state index in [9.17, 15) is 9.59 Å². The zero-order valence-corrected chi connectivity index (χ0v) is 16.7. The molecule has 7 nitrogen and oxygen atoms in total.